The third-order valence-electron chi connectivity index (χ3n) is 6.20. The monoisotopic (exact) mass is 463 g/mol. The molecule has 3 heterocycles. The number of nitrogens with zero attached hydrogens (tertiary/aromatic N) is 3. The van der Waals surface area contributed by atoms with E-state index in [1.807, 2.05) is 29.2 Å². The Balaban J connectivity index is 1.47. The average Bonchev–Trinajstić information content (AvgIpc) is 3.25. The summed E-state index contributed by atoms with van der Waals surface area (Å²) >= 11 is 0. The zero-order valence-corrected chi connectivity index (χ0v) is 18.5. The summed E-state index contributed by atoms with van der Waals surface area (Å²) in [6.45, 7) is 0.313. The Kier molecular flexibility index (Phi) is 5.75. The highest BCUT2D eigenvalue weighted by molar-refractivity contribution is 6.03. The molecule has 2 aromatic carbocycles. The summed E-state index contributed by atoms with van der Waals surface area (Å²) in [5.41, 5.74) is 2.72. The van der Waals surface area contributed by atoms with Gasteiger partial charge in [0.2, 0.25) is 5.95 Å². The highest BCUT2D eigenvalue weighted by atomic mass is 19.1. The van der Waals surface area contributed by atoms with Gasteiger partial charge >= 0.3 is 0 Å². The summed E-state index contributed by atoms with van der Waals surface area (Å²) in [6, 6.07) is 14.7. The van der Waals surface area contributed by atoms with E-state index in [-0.39, 0.29) is 12.4 Å². The van der Waals surface area contributed by atoms with Gasteiger partial charge in [-0.2, -0.15) is 4.39 Å². The molecule has 6 nitrogen and oxygen atoms in total. The predicted octanol–water partition coefficient (Wildman–Crippen LogP) is 4.70. The van der Waals surface area contributed by atoms with Crippen molar-refractivity contribution in [1.82, 2.24) is 9.88 Å². The summed E-state index contributed by atoms with van der Waals surface area (Å²) in [7, 11) is 1.57. The number of rotatable bonds is 5. The summed E-state index contributed by atoms with van der Waals surface area (Å²) in [5.74, 6) is 0.333. The Labute approximate surface area is 195 Å². The van der Waals surface area contributed by atoms with Crippen LogP contribution in [0.2, 0.25) is 0 Å². The first-order valence-electron chi connectivity index (χ1n) is 11.0. The van der Waals surface area contributed by atoms with E-state index >= 15 is 0 Å². The minimum Gasteiger partial charge on any atom is -0.496 e. The normalized spacial score (nSPS) is 20.6. The molecule has 2 aliphatic rings. The number of benzene rings is 2. The Morgan fingerprint density at radius 3 is 2.71 bits per heavy atom. The van der Waals surface area contributed by atoms with Crippen LogP contribution in [0.4, 0.5) is 8.78 Å². The zero-order chi connectivity index (χ0) is 23.7. The van der Waals surface area contributed by atoms with Crippen LogP contribution in [0.25, 0.3) is 17.2 Å². The van der Waals surface area contributed by atoms with Crippen molar-refractivity contribution in [2.24, 2.45) is 5.16 Å². The fourth-order valence-corrected chi connectivity index (χ4v) is 4.51. The SMILES string of the molecule is COc1cc(/C=C2\CCCN3C2=NOC3(CO)c2ccc(F)cc2)ccc1-c1ccnc(F)c1. The second-order valence-electron chi connectivity index (χ2n) is 8.21. The van der Waals surface area contributed by atoms with Crippen molar-refractivity contribution in [3.63, 3.8) is 0 Å². The van der Waals surface area contributed by atoms with Crippen molar-refractivity contribution in [2.75, 3.05) is 20.3 Å². The Morgan fingerprint density at radius 2 is 1.97 bits per heavy atom. The Bertz CT molecular complexity index is 1280. The fraction of sp³-hybridized carbons (Fsp3) is 0.231. The number of hydrogen-bond donors (Lipinski definition) is 1. The lowest BCUT2D eigenvalue weighted by Gasteiger charge is -2.38. The van der Waals surface area contributed by atoms with E-state index in [0.29, 0.717) is 29.3 Å². The van der Waals surface area contributed by atoms with E-state index < -0.39 is 11.7 Å². The highest BCUT2D eigenvalue weighted by Gasteiger charge is 2.49. The van der Waals surface area contributed by atoms with Gasteiger partial charge in [-0.1, -0.05) is 17.3 Å². The smallest absolute Gasteiger partial charge is 0.260 e. The van der Waals surface area contributed by atoms with Gasteiger partial charge < -0.3 is 19.6 Å². The molecule has 1 fully saturated rings. The molecule has 5 rings (SSSR count). The molecule has 8 heteroatoms. The molecule has 0 aliphatic carbocycles. The van der Waals surface area contributed by atoms with E-state index in [0.717, 1.165) is 29.5 Å². The molecule has 0 saturated carbocycles. The highest BCUT2D eigenvalue weighted by Crippen LogP contribution is 2.40. The van der Waals surface area contributed by atoms with E-state index in [9.17, 15) is 13.9 Å². The van der Waals surface area contributed by atoms with Crippen molar-refractivity contribution in [2.45, 2.75) is 18.6 Å². The third-order valence-corrected chi connectivity index (χ3v) is 6.20. The zero-order valence-electron chi connectivity index (χ0n) is 18.5. The number of methoxy groups -OCH3 is 1. The van der Waals surface area contributed by atoms with E-state index in [4.69, 9.17) is 9.57 Å². The lowest BCUT2D eigenvalue weighted by atomic mass is 9.94. The van der Waals surface area contributed by atoms with Crippen LogP contribution < -0.4 is 4.74 Å². The van der Waals surface area contributed by atoms with Gasteiger partial charge in [0, 0.05) is 29.9 Å². The van der Waals surface area contributed by atoms with E-state index in [1.54, 1.807) is 25.3 Å². The number of amidine groups is 1. The maximum atomic E-state index is 13.6. The molecule has 0 spiro atoms. The molecule has 0 bridgehead atoms. The number of aromatic nitrogens is 1. The van der Waals surface area contributed by atoms with Crippen LogP contribution in [0.5, 0.6) is 5.75 Å². The van der Waals surface area contributed by atoms with Crippen LogP contribution in [0.15, 0.2) is 71.5 Å². The minimum absolute atomic E-state index is 0.329. The molecule has 34 heavy (non-hydrogen) atoms. The first kappa shape index (κ1) is 22.0. The molecule has 1 saturated heterocycles. The van der Waals surface area contributed by atoms with Crippen LogP contribution in [0, 0.1) is 11.8 Å². The number of ether oxygens (including phenoxy) is 1. The number of piperidine rings is 1. The quantitative estimate of drug-likeness (QED) is 0.556. The molecular formula is C26H23F2N3O3. The number of aliphatic hydroxyl groups is 1. The van der Waals surface area contributed by atoms with Gasteiger partial charge in [0.05, 0.1) is 7.11 Å². The topological polar surface area (TPSA) is 67.2 Å². The maximum absolute atomic E-state index is 13.6. The number of oxime groups is 1. The largest absolute Gasteiger partial charge is 0.496 e. The molecule has 0 radical (unpaired) electrons. The molecule has 174 valence electrons. The van der Waals surface area contributed by atoms with E-state index in [1.165, 1.54) is 24.4 Å². The Hall–Kier alpha value is -3.78. The Morgan fingerprint density at radius 1 is 1.15 bits per heavy atom. The predicted molar refractivity (Wildman–Crippen MR) is 124 cm³/mol. The first-order valence-corrected chi connectivity index (χ1v) is 11.0. The van der Waals surface area contributed by atoms with Crippen LogP contribution >= 0.6 is 0 Å². The van der Waals surface area contributed by atoms with Crippen molar-refractivity contribution in [3.05, 3.63) is 89.3 Å². The van der Waals surface area contributed by atoms with Crippen molar-refractivity contribution >= 4 is 11.9 Å². The lowest BCUT2D eigenvalue weighted by Crippen LogP contribution is -2.51. The molecule has 1 N–H and O–H groups in total. The summed E-state index contributed by atoms with van der Waals surface area (Å²) < 4.78 is 32.7. The average molecular weight is 463 g/mol. The first-order chi connectivity index (χ1) is 16.5. The number of hydrogen-bond acceptors (Lipinski definition) is 6. The second kappa shape index (κ2) is 8.87. The second-order valence-corrected chi connectivity index (χ2v) is 8.21. The van der Waals surface area contributed by atoms with Gasteiger partial charge in [-0.3, -0.25) is 0 Å². The molecule has 1 atom stereocenters. The number of aliphatic hydroxyl groups excluding tert-OH is 1. The van der Waals surface area contributed by atoms with Crippen molar-refractivity contribution in [1.29, 1.82) is 0 Å². The fourth-order valence-electron chi connectivity index (χ4n) is 4.51. The van der Waals surface area contributed by atoms with Gasteiger partial charge in [-0.25, -0.2) is 9.37 Å². The molecule has 1 aromatic heterocycles. The number of fused-ring (bicyclic) bond motifs is 1. The molecule has 1 unspecified atom stereocenters. The summed E-state index contributed by atoms with van der Waals surface area (Å²) in [5, 5.41) is 14.6. The maximum Gasteiger partial charge on any atom is 0.260 e. The molecule has 3 aromatic rings. The van der Waals surface area contributed by atoms with Crippen molar-refractivity contribution in [3.8, 4) is 16.9 Å². The van der Waals surface area contributed by atoms with Gasteiger partial charge in [0.15, 0.2) is 5.84 Å². The third kappa shape index (κ3) is 3.80. The van der Waals surface area contributed by atoms with Gasteiger partial charge in [-0.05, 0) is 72.0 Å². The van der Waals surface area contributed by atoms with Crippen LogP contribution in [-0.2, 0) is 10.6 Å². The van der Waals surface area contributed by atoms with Gasteiger partial charge in [0.25, 0.3) is 5.72 Å². The standard InChI is InChI=1S/C26H23F2N3O3/c1-33-23-14-17(4-9-22(23)18-10-11-29-24(28)15-18)13-19-3-2-12-31-25(19)30-34-26(31,16-32)20-5-7-21(27)8-6-20/h4-11,13-15,32H,2-3,12,16H2,1H3/b19-13+. The molecular weight excluding hydrogens is 440 g/mol. The number of pyridine rings is 1. The number of halogens is 2. The van der Waals surface area contributed by atoms with Crippen LogP contribution in [-0.4, -0.2) is 41.1 Å². The van der Waals surface area contributed by atoms with Crippen LogP contribution in [0.3, 0.4) is 0 Å². The van der Waals surface area contributed by atoms with Gasteiger partial charge in [-0.15, -0.1) is 0 Å². The summed E-state index contributed by atoms with van der Waals surface area (Å²) in [4.78, 5) is 11.3. The summed E-state index contributed by atoms with van der Waals surface area (Å²) in [6.07, 6.45) is 5.04. The van der Waals surface area contributed by atoms with Crippen LogP contribution in [0.1, 0.15) is 24.0 Å². The lowest BCUT2D eigenvalue weighted by molar-refractivity contribution is -0.137. The van der Waals surface area contributed by atoms with E-state index in [2.05, 4.69) is 10.1 Å². The minimum atomic E-state index is -1.19. The molecule has 2 aliphatic heterocycles. The van der Waals surface area contributed by atoms with Gasteiger partial charge in [0.1, 0.15) is 18.2 Å². The van der Waals surface area contributed by atoms with Crippen molar-refractivity contribution < 1.29 is 23.5 Å². The molecule has 0 amide bonds.